The number of methoxy groups -OCH3 is 2. The number of carbonyl (C=O) groups is 1. The molecule has 0 fully saturated rings. The van der Waals surface area contributed by atoms with Crippen molar-refractivity contribution in [1.29, 1.82) is 0 Å². The molecule has 0 aromatic heterocycles. The second-order valence-electron chi connectivity index (χ2n) is 5.02. The minimum absolute atomic E-state index is 0.0739. The summed E-state index contributed by atoms with van der Waals surface area (Å²) in [5.74, 6) is 1.56. The molecule has 0 saturated heterocycles. The highest BCUT2D eigenvalue weighted by Crippen LogP contribution is 2.17. The summed E-state index contributed by atoms with van der Waals surface area (Å²) < 4.78 is 10.4. The summed E-state index contributed by atoms with van der Waals surface area (Å²) in [5.41, 5.74) is 1.88. The second kappa shape index (κ2) is 8.80. The molecule has 0 bridgehead atoms. The number of ether oxygens (including phenoxy) is 2. The number of amides is 1. The Hall–Kier alpha value is -2.53. The van der Waals surface area contributed by atoms with Crippen molar-refractivity contribution >= 4 is 11.6 Å². The number of nitrogens with one attached hydrogen (secondary N) is 2. The van der Waals surface area contributed by atoms with Gasteiger partial charge in [-0.25, -0.2) is 0 Å². The Balaban J connectivity index is 1.72. The van der Waals surface area contributed by atoms with Gasteiger partial charge in [0.1, 0.15) is 11.5 Å². The number of benzene rings is 2. The minimum Gasteiger partial charge on any atom is -0.497 e. The maximum Gasteiger partial charge on any atom is 0.238 e. The van der Waals surface area contributed by atoms with E-state index in [2.05, 4.69) is 10.6 Å². The van der Waals surface area contributed by atoms with Crippen LogP contribution in [-0.4, -0.2) is 33.2 Å². The molecule has 0 atom stereocenters. The van der Waals surface area contributed by atoms with Crippen molar-refractivity contribution in [1.82, 2.24) is 5.32 Å². The number of anilines is 1. The summed E-state index contributed by atoms with van der Waals surface area (Å²) in [6, 6.07) is 15.1. The van der Waals surface area contributed by atoms with E-state index in [-0.39, 0.29) is 12.5 Å². The van der Waals surface area contributed by atoms with Crippen LogP contribution < -0.4 is 20.1 Å². The molecule has 1 amide bonds. The normalized spacial score (nSPS) is 10.2. The van der Waals surface area contributed by atoms with Gasteiger partial charge in [0, 0.05) is 5.69 Å². The van der Waals surface area contributed by atoms with Crippen LogP contribution in [0.4, 0.5) is 5.69 Å². The first-order valence-electron chi connectivity index (χ1n) is 7.49. The predicted molar refractivity (Wildman–Crippen MR) is 91.2 cm³/mol. The molecule has 0 heterocycles. The van der Waals surface area contributed by atoms with Crippen LogP contribution in [0.1, 0.15) is 5.56 Å². The van der Waals surface area contributed by atoms with Crippen LogP contribution in [0, 0.1) is 0 Å². The minimum atomic E-state index is -0.0739. The summed E-state index contributed by atoms with van der Waals surface area (Å²) in [5, 5.41) is 5.97. The molecule has 5 heteroatoms. The van der Waals surface area contributed by atoms with Crippen LogP contribution in [0.5, 0.6) is 11.5 Å². The van der Waals surface area contributed by atoms with E-state index in [1.807, 2.05) is 48.5 Å². The number of rotatable bonds is 8. The topological polar surface area (TPSA) is 59.6 Å². The molecule has 0 spiro atoms. The van der Waals surface area contributed by atoms with E-state index in [0.29, 0.717) is 6.54 Å². The average molecular weight is 314 g/mol. The first kappa shape index (κ1) is 16.8. The Bertz CT molecular complexity index is 626. The molecule has 0 aliphatic rings. The molecular formula is C18H22N2O3. The van der Waals surface area contributed by atoms with Crippen LogP contribution in [0.25, 0.3) is 0 Å². The molecule has 0 unspecified atom stereocenters. The Kier molecular flexibility index (Phi) is 6.44. The van der Waals surface area contributed by atoms with Crippen LogP contribution in [0.2, 0.25) is 0 Å². The molecule has 122 valence electrons. The summed E-state index contributed by atoms with van der Waals surface area (Å²) in [6.45, 7) is 0.970. The van der Waals surface area contributed by atoms with Gasteiger partial charge in [-0.3, -0.25) is 4.79 Å². The Morgan fingerprint density at radius 2 is 1.74 bits per heavy atom. The van der Waals surface area contributed by atoms with Gasteiger partial charge >= 0.3 is 0 Å². The second-order valence-corrected chi connectivity index (χ2v) is 5.02. The van der Waals surface area contributed by atoms with Crippen molar-refractivity contribution in [3.05, 3.63) is 54.1 Å². The first-order chi connectivity index (χ1) is 11.2. The fraction of sp³-hybridized carbons (Fsp3) is 0.278. The molecule has 0 aliphatic carbocycles. The largest absolute Gasteiger partial charge is 0.497 e. The molecule has 23 heavy (non-hydrogen) atoms. The Morgan fingerprint density at radius 1 is 1.00 bits per heavy atom. The van der Waals surface area contributed by atoms with Crippen LogP contribution in [0.3, 0.4) is 0 Å². The van der Waals surface area contributed by atoms with Crippen molar-refractivity contribution in [2.24, 2.45) is 0 Å². The quantitative estimate of drug-likeness (QED) is 0.735. The third-order valence-electron chi connectivity index (χ3n) is 3.42. The van der Waals surface area contributed by atoms with Crippen molar-refractivity contribution in [2.45, 2.75) is 6.42 Å². The van der Waals surface area contributed by atoms with Crippen LogP contribution >= 0.6 is 0 Å². The van der Waals surface area contributed by atoms with E-state index in [0.717, 1.165) is 29.2 Å². The third kappa shape index (κ3) is 5.30. The number of para-hydroxylation sites is 1. The van der Waals surface area contributed by atoms with Gasteiger partial charge in [0.15, 0.2) is 0 Å². The number of carbonyl (C=O) groups excluding carboxylic acids is 1. The molecule has 2 aromatic carbocycles. The van der Waals surface area contributed by atoms with Gasteiger partial charge in [0.05, 0.1) is 20.8 Å². The maximum atomic E-state index is 11.9. The van der Waals surface area contributed by atoms with E-state index in [4.69, 9.17) is 9.47 Å². The zero-order valence-electron chi connectivity index (χ0n) is 13.5. The molecule has 2 N–H and O–H groups in total. The zero-order chi connectivity index (χ0) is 16.5. The van der Waals surface area contributed by atoms with E-state index in [1.54, 1.807) is 14.2 Å². The van der Waals surface area contributed by atoms with Crippen molar-refractivity contribution < 1.29 is 14.3 Å². The van der Waals surface area contributed by atoms with Gasteiger partial charge < -0.3 is 20.1 Å². The summed E-state index contributed by atoms with van der Waals surface area (Å²) in [7, 11) is 3.27. The predicted octanol–water partition coefficient (Wildman–Crippen LogP) is 2.47. The highest BCUT2D eigenvalue weighted by molar-refractivity contribution is 5.92. The molecule has 5 nitrogen and oxygen atoms in total. The molecule has 0 radical (unpaired) electrons. The van der Waals surface area contributed by atoms with Crippen LogP contribution in [0.15, 0.2) is 48.5 Å². The van der Waals surface area contributed by atoms with Gasteiger partial charge in [-0.1, -0.05) is 18.2 Å². The lowest BCUT2D eigenvalue weighted by molar-refractivity contribution is -0.115. The van der Waals surface area contributed by atoms with Crippen LogP contribution in [-0.2, 0) is 11.2 Å². The van der Waals surface area contributed by atoms with Gasteiger partial charge in [-0.05, 0) is 48.9 Å². The fourth-order valence-corrected chi connectivity index (χ4v) is 2.21. The lowest BCUT2D eigenvalue weighted by Gasteiger charge is -2.09. The maximum absolute atomic E-state index is 11.9. The number of hydrogen-bond acceptors (Lipinski definition) is 4. The molecule has 0 saturated carbocycles. The van der Waals surface area contributed by atoms with E-state index >= 15 is 0 Å². The molecule has 2 rings (SSSR count). The standard InChI is InChI=1S/C18H22N2O3/c1-22-16-9-7-15(8-10-16)20-18(21)13-19-12-11-14-5-3-4-6-17(14)23-2/h3-10,19H,11-13H2,1-2H3,(H,20,21). The number of hydrogen-bond donors (Lipinski definition) is 2. The highest BCUT2D eigenvalue weighted by atomic mass is 16.5. The monoisotopic (exact) mass is 314 g/mol. The summed E-state index contributed by atoms with van der Waals surface area (Å²) in [4.78, 5) is 11.9. The lowest BCUT2D eigenvalue weighted by Crippen LogP contribution is -2.29. The zero-order valence-corrected chi connectivity index (χ0v) is 13.5. The van der Waals surface area contributed by atoms with Crippen molar-refractivity contribution in [3.63, 3.8) is 0 Å². The third-order valence-corrected chi connectivity index (χ3v) is 3.42. The fourth-order valence-electron chi connectivity index (χ4n) is 2.21. The smallest absolute Gasteiger partial charge is 0.238 e. The Labute approximate surface area is 136 Å². The van der Waals surface area contributed by atoms with Gasteiger partial charge in [-0.2, -0.15) is 0 Å². The average Bonchev–Trinajstić information content (AvgIpc) is 2.59. The van der Waals surface area contributed by atoms with Crippen molar-refractivity contribution in [3.8, 4) is 11.5 Å². The van der Waals surface area contributed by atoms with E-state index in [1.165, 1.54) is 0 Å². The SMILES string of the molecule is COc1ccc(NC(=O)CNCCc2ccccc2OC)cc1. The highest BCUT2D eigenvalue weighted by Gasteiger charge is 2.04. The molecular weight excluding hydrogens is 292 g/mol. The van der Waals surface area contributed by atoms with Crippen molar-refractivity contribution in [2.75, 3.05) is 32.6 Å². The Morgan fingerprint density at radius 3 is 2.43 bits per heavy atom. The van der Waals surface area contributed by atoms with E-state index < -0.39 is 0 Å². The van der Waals surface area contributed by atoms with Gasteiger partial charge in [-0.15, -0.1) is 0 Å². The molecule has 0 aliphatic heterocycles. The summed E-state index contributed by atoms with van der Waals surface area (Å²) >= 11 is 0. The lowest BCUT2D eigenvalue weighted by atomic mass is 10.1. The van der Waals surface area contributed by atoms with E-state index in [9.17, 15) is 4.79 Å². The van der Waals surface area contributed by atoms with Gasteiger partial charge in [0.25, 0.3) is 0 Å². The van der Waals surface area contributed by atoms with Gasteiger partial charge in [0.2, 0.25) is 5.91 Å². The first-order valence-corrected chi connectivity index (χ1v) is 7.49. The molecule has 2 aromatic rings. The summed E-state index contributed by atoms with van der Waals surface area (Å²) in [6.07, 6.45) is 0.805.